The summed E-state index contributed by atoms with van der Waals surface area (Å²) >= 11 is 0. The standard InChI is InChI=1S/C21H24N4O3/c1-13-7-6-8-14(2)19(13)25-21-22-10-9-18(24-21)23-15-11-16(26-3)20(28-5)17(12-15)27-4/h6-12H,1-5H3,(H2,22,23,24,25). The molecule has 0 atom stereocenters. The Hall–Kier alpha value is -3.48. The third kappa shape index (κ3) is 4.09. The van der Waals surface area contributed by atoms with Gasteiger partial charge >= 0.3 is 0 Å². The summed E-state index contributed by atoms with van der Waals surface area (Å²) in [4.78, 5) is 8.87. The molecule has 2 N–H and O–H groups in total. The molecule has 0 fully saturated rings. The molecule has 0 saturated heterocycles. The van der Waals surface area contributed by atoms with Gasteiger partial charge in [-0.15, -0.1) is 0 Å². The summed E-state index contributed by atoms with van der Waals surface area (Å²) in [5.41, 5.74) is 4.02. The lowest BCUT2D eigenvalue weighted by Crippen LogP contribution is -2.03. The maximum absolute atomic E-state index is 5.40. The first-order chi connectivity index (χ1) is 13.5. The molecule has 1 aromatic heterocycles. The van der Waals surface area contributed by atoms with Gasteiger partial charge in [0.05, 0.1) is 21.3 Å². The molecule has 0 amide bonds. The average molecular weight is 380 g/mol. The zero-order chi connectivity index (χ0) is 20.1. The third-order valence-corrected chi connectivity index (χ3v) is 4.31. The van der Waals surface area contributed by atoms with Crippen LogP contribution < -0.4 is 24.8 Å². The molecule has 0 spiro atoms. The first kappa shape index (κ1) is 19.3. The minimum atomic E-state index is 0.509. The number of nitrogens with zero attached hydrogens (tertiary/aromatic N) is 2. The lowest BCUT2D eigenvalue weighted by Gasteiger charge is -2.15. The van der Waals surface area contributed by atoms with Crippen molar-refractivity contribution in [2.45, 2.75) is 13.8 Å². The Balaban J connectivity index is 1.87. The van der Waals surface area contributed by atoms with E-state index in [9.17, 15) is 0 Å². The highest BCUT2D eigenvalue weighted by atomic mass is 16.5. The lowest BCUT2D eigenvalue weighted by molar-refractivity contribution is 0.324. The number of rotatable bonds is 7. The van der Waals surface area contributed by atoms with Crippen LogP contribution in [-0.4, -0.2) is 31.3 Å². The summed E-state index contributed by atoms with van der Waals surface area (Å²) in [6.07, 6.45) is 1.70. The van der Waals surface area contributed by atoms with E-state index >= 15 is 0 Å². The minimum absolute atomic E-state index is 0.509. The van der Waals surface area contributed by atoms with Crippen LogP contribution in [0.3, 0.4) is 0 Å². The number of ether oxygens (including phenoxy) is 3. The quantitative estimate of drug-likeness (QED) is 0.620. The predicted octanol–water partition coefficient (Wildman–Crippen LogP) is 4.61. The normalized spacial score (nSPS) is 10.3. The fraction of sp³-hybridized carbons (Fsp3) is 0.238. The van der Waals surface area contributed by atoms with E-state index in [-0.39, 0.29) is 0 Å². The maximum Gasteiger partial charge on any atom is 0.229 e. The summed E-state index contributed by atoms with van der Waals surface area (Å²) in [5.74, 6) is 2.81. The first-order valence-corrected chi connectivity index (χ1v) is 8.79. The summed E-state index contributed by atoms with van der Waals surface area (Å²) in [6.45, 7) is 4.10. The van der Waals surface area contributed by atoms with Crippen molar-refractivity contribution in [3.8, 4) is 17.2 Å². The Bertz CT molecular complexity index is 930. The summed E-state index contributed by atoms with van der Waals surface area (Å²) in [6, 6.07) is 11.6. The van der Waals surface area contributed by atoms with Crippen molar-refractivity contribution in [3.05, 3.63) is 53.7 Å². The average Bonchev–Trinajstić information content (AvgIpc) is 2.70. The zero-order valence-electron chi connectivity index (χ0n) is 16.7. The predicted molar refractivity (Wildman–Crippen MR) is 111 cm³/mol. The van der Waals surface area contributed by atoms with E-state index < -0.39 is 0 Å². The molecule has 146 valence electrons. The zero-order valence-corrected chi connectivity index (χ0v) is 16.7. The van der Waals surface area contributed by atoms with Crippen molar-refractivity contribution in [3.63, 3.8) is 0 Å². The Morgan fingerprint density at radius 3 is 2.04 bits per heavy atom. The SMILES string of the molecule is COc1cc(Nc2ccnc(Nc3c(C)cccc3C)n2)cc(OC)c1OC. The second-order valence-corrected chi connectivity index (χ2v) is 6.20. The van der Waals surface area contributed by atoms with Crippen molar-refractivity contribution in [1.29, 1.82) is 0 Å². The molecule has 7 nitrogen and oxygen atoms in total. The highest BCUT2D eigenvalue weighted by Gasteiger charge is 2.14. The fourth-order valence-electron chi connectivity index (χ4n) is 2.91. The second kappa shape index (κ2) is 8.47. The van der Waals surface area contributed by atoms with E-state index in [0.29, 0.717) is 29.0 Å². The van der Waals surface area contributed by atoms with Crippen molar-refractivity contribution >= 4 is 23.1 Å². The number of hydrogen-bond acceptors (Lipinski definition) is 7. The summed E-state index contributed by atoms with van der Waals surface area (Å²) < 4.78 is 16.2. The summed E-state index contributed by atoms with van der Waals surface area (Å²) in [5, 5.41) is 6.55. The topological polar surface area (TPSA) is 77.5 Å². The fourth-order valence-corrected chi connectivity index (χ4v) is 2.91. The van der Waals surface area contributed by atoms with Crippen LogP contribution in [0.4, 0.5) is 23.1 Å². The third-order valence-electron chi connectivity index (χ3n) is 4.31. The number of nitrogens with one attached hydrogen (secondary N) is 2. The summed E-state index contributed by atoms with van der Waals surface area (Å²) in [7, 11) is 4.74. The molecule has 0 aliphatic carbocycles. The van der Waals surface area contributed by atoms with Crippen molar-refractivity contribution in [2.24, 2.45) is 0 Å². The van der Waals surface area contributed by atoms with Gasteiger partial charge < -0.3 is 24.8 Å². The van der Waals surface area contributed by atoms with Crippen LogP contribution in [0.25, 0.3) is 0 Å². The van der Waals surface area contributed by atoms with Crippen LogP contribution >= 0.6 is 0 Å². The van der Waals surface area contributed by atoms with Crippen molar-refractivity contribution in [2.75, 3.05) is 32.0 Å². The number of methoxy groups -OCH3 is 3. The largest absolute Gasteiger partial charge is 0.493 e. The van der Waals surface area contributed by atoms with Gasteiger partial charge in [-0.3, -0.25) is 0 Å². The smallest absolute Gasteiger partial charge is 0.229 e. The number of anilines is 4. The maximum atomic E-state index is 5.40. The number of aryl methyl sites for hydroxylation is 2. The van der Waals surface area contributed by atoms with Gasteiger partial charge in [-0.05, 0) is 31.0 Å². The van der Waals surface area contributed by atoms with Gasteiger partial charge in [0.25, 0.3) is 0 Å². The molecule has 0 aliphatic rings. The molecule has 0 saturated carbocycles. The van der Waals surface area contributed by atoms with Gasteiger partial charge in [0.2, 0.25) is 11.7 Å². The number of benzene rings is 2. The van der Waals surface area contributed by atoms with E-state index in [4.69, 9.17) is 14.2 Å². The van der Waals surface area contributed by atoms with Gasteiger partial charge in [0.1, 0.15) is 5.82 Å². The number of aromatic nitrogens is 2. The highest BCUT2D eigenvalue weighted by molar-refractivity contribution is 5.68. The Morgan fingerprint density at radius 1 is 0.821 bits per heavy atom. The number of para-hydroxylation sites is 1. The van der Waals surface area contributed by atoms with Crippen molar-refractivity contribution < 1.29 is 14.2 Å². The molecule has 1 heterocycles. The highest BCUT2D eigenvalue weighted by Crippen LogP contribution is 2.40. The molecule has 0 aliphatic heterocycles. The van der Waals surface area contributed by atoms with Gasteiger partial charge in [-0.1, -0.05) is 18.2 Å². The van der Waals surface area contributed by atoms with Crippen LogP contribution in [-0.2, 0) is 0 Å². The minimum Gasteiger partial charge on any atom is -0.493 e. The van der Waals surface area contributed by atoms with E-state index in [1.807, 2.05) is 44.2 Å². The van der Waals surface area contributed by atoms with E-state index in [1.165, 1.54) is 0 Å². The molecule has 2 aromatic carbocycles. The van der Waals surface area contributed by atoms with Crippen LogP contribution in [0, 0.1) is 13.8 Å². The Kier molecular flexibility index (Phi) is 5.84. The van der Waals surface area contributed by atoms with Crippen LogP contribution in [0.15, 0.2) is 42.6 Å². The molecule has 3 aromatic rings. The van der Waals surface area contributed by atoms with Gasteiger partial charge in [0, 0.05) is 29.7 Å². The Morgan fingerprint density at radius 2 is 1.46 bits per heavy atom. The molecule has 0 radical (unpaired) electrons. The van der Waals surface area contributed by atoms with Crippen LogP contribution in [0.5, 0.6) is 17.2 Å². The van der Waals surface area contributed by atoms with E-state index in [2.05, 4.69) is 20.6 Å². The van der Waals surface area contributed by atoms with Gasteiger partial charge in [-0.2, -0.15) is 4.98 Å². The number of hydrogen-bond donors (Lipinski definition) is 2. The lowest BCUT2D eigenvalue weighted by atomic mass is 10.1. The molecule has 3 rings (SSSR count). The molecule has 7 heteroatoms. The van der Waals surface area contributed by atoms with Crippen LogP contribution in [0.1, 0.15) is 11.1 Å². The monoisotopic (exact) mass is 380 g/mol. The molecule has 0 bridgehead atoms. The van der Waals surface area contributed by atoms with Gasteiger partial charge in [-0.25, -0.2) is 4.98 Å². The second-order valence-electron chi connectivity index (χ2n) is 6.20. The van der Waals surface area contributed by atoms with E-state index in [0.717, 1.165) is 22.5 Å². The molecular formula is C21H24N4O3. The van der Waals surface area contributed by atoms with Gasteiger partial charge in [0.15, 0.2) is 11.5 Å². The molecular weight excluding hydrogens is 356 g/mol. The molecule has 0 unspecified atom stereocenters. The Labute approximate surface area is 164 Å². The molecule has 28 heavy (non-hydrogen) atoms. The van der Waals surface area contributed by atoms with Crippen LogP contribution in [0.2, 0.25) is 0 Å². The van der Waals surface area contributed by atoms with E-state index in [1.54, 1.807) is 33.6 Å². The first-order valence-electron chi connectivity index (χ1n) is 8.79. The van der Waals surface area contributed by atoms with Crippen molar-refractivity contribution in [1.82, 2.24) is 9.97 Å².